The molecule has 120 valence electrons. The summed E-state index contributed by atoms with van der Waals surface area (Å²) in [6.07, 6.45) is 8.94. The van der Waals surface area contributed by atoms with E-state index in [1.54, 1.807) is 0 Å². The molecule has 23 heavy (non-hydrogen) atoms. The van der Waals surface area contributed by atoms with Crippen LogP contribution >= 0.6 is 0 Å². The molecular formula is C19H22N2O2. The number of nitrogens with zero attached hydrogens (tertiary/aromatic N) is 2. The molecule has 0 amide bonds. The van der Waals surface area contributed by atoms with E-state index in [-0.39, 0.29) is 11.5 Å². The van der Waals surface area contributed by atoms with Gasteiger partial charge in [-0.05, 0) is 38.3 Å². The molecule has 3 fully saturated rings. The van der Waals surface area contributed by atoms with Crippen LogP contribution in [0.4, 0.5) is 5.69 Å². The van der Waals surface area contributed by atoms with Crippen LogP contribution in [0.15, 0.2) is 36.5 Å². The third kappa shape index (κ3) is 1.19. The summed E-state index contributed by atoms with van der Waals surface area (Å²) in [6.45, 7) is 2.83. The zero-order chi connectivity index (χ0) is 15.3. The highest BCUT2D eigenvalue weighted by atomic mass is 16.5. The van der Waals surface area contributed by atoms with Crippen LogP contribution in [0, 0.1) is 5.41 Å². The highest BCUT2D eigenvalue weighted by molar-refractivity contribution is 5.69. The third-order valence-electron chi connectivity index (χ3n) is 7.13. The minimum Gasteiger partial charge on any atom is -0.380 e. The van der Waals surface area contributed by atoms with E-state index in [1.807, 2.05) is 6.07 Å². The van der Waals surface area contributed by atoms with Crippen molar-refractivity contribution in [1.82, 2.24) is 4.90 Å². The summed E-state index contributed by atoms with van der Waals surface area (Å²) in [5, 5.41) is 11.9. The Hall–Kier alpha value is -1.36. The molecule has 4 nitrogen and oxygen atoms in total. The SMILES string of the molecule is O[C@]12CCN3CCC[C@]45C=CN(c6ccccc61)[C@@]2(OCC4)[C@H]35. The summed E-state index contributed by atoms with van der Waals surface area (Å²) in [7, 11) is 0. The van der Waals surface area contributed by atoms with Crippen molar-refractivity contribution in [2.24, 2.45) is 5.41 Å². The summed E-state index contributed by atoms with van der Waals surface area (Å²) >= 11 is 0. The summed E-state index contributed by atoms with van der Waals surface area (Å²) in [5.74, 6) is 0. The van der Waals surface area contributed by atoms with E-state index in [0.29, 0.717) is 0 Å². The maximum Gasteiger partial charge on any atom is 0.194 e. The minimum absolute atomic E-state index is 0.170. The Balaban J connectivity index is 1.69. The first kappa shape index (κ1) is 13.0. The zero-order valence-electron chi connectivity index (χ0n) is 13.2. The molecule has 5 heterocycles. The number of anilines is 1. The molecule has 3 saturated heterocycles. The van der Waals surface area contributed by atoms with E-state index >= 15 is 0 Å². The third-order valence-corrected chi connectivity index (χ3v) is 7.13. The summed E-state index contributed by atoms with van der Waals surface area (Å²) < 4.78 is 6.53. The first-order valence-electron chi connectivity index (χ1n) is 8.90. The van der Waals surface area contributed by atoms with Crippen LogP contribution in [0.1, 0.15) is 31.2 Å². The molecule has 0 saturated carbocycles. The molecule has 0 radical (unpaired) electrons. The van der Waals surface area contributed by atoms with Gasteiger partial charge in [0.15, 0.2) is 5.72 Å². The quantitative estimate of drug-likeness (QED) is 0.797. The Morgan fingerprint density at radius 2 is 2.04 bits per heavy atom. The van der Waals surface area contributed by atoms with Gasteiger partial charge in [-0.15, -0.1) is 0 Å². The fraction of sp³-hybridized carbons (Fsp3) is 0.579. The van der Waals surface area contributed by atoms with Gasteiger partial charge >= 0.3 is 0 Å². The molecule has 5 aliphatic heterocycles. The second kappa shape index (κ2) is 3.82. The topological polar surface area (TPSA) is 35.9 Å². The molecule has 1 spiro atoms. The first-order chi connectivity index (χ1) is 11.2. The Morgan fingerprint density at radius 3 is 3.00 bits per heavy atom. The van der Waals surface area contributed by atoms with Gasteiger partial charge in [0, 0.05) is 29.4 Å². The fourth-order valence-corrected chi connectivity index (χ4v) is 6.30. The Labute approximate surface area is 136 Å². The predicted octanol–water partition coefficient (Wildman–Crippen LogP) is 2.19. The van der Waals surface area contributed by atoms with Crippen LogP contribution in [0.5, 0.6) is 0 Å². The largest absolute Gasteiger partial charge is 0.380 e. The van der Waals surface area contributed by atoms with Crippen molar-refractivity contribution in [3.05, 3.63) is 42.1 Å². The van der Waals surface area contributed by atoms with Crippen LogP contribution in [0.3, 0.4) is 0 Å². The summed E-state index contributed by atoms with van der Waals surface area (Å²) in [5.41, 5.74) is 0.798. The highest BCUT2D eigenvalue weighted by Crippen LogP contribution is 2.66. The Bertz CT molecular complexity index is 730. The number of aliphatic hydroxyl groups is 1. The van der Waals surface area contributed by atoms with Crippen LogP contribution in [0.25, 0.3) is 0 Å². The van der Waals surface area contributed by atoms with Gasteiger partial charge in [-0.3, -0.25) is 4.90 Å². The van der Waals surface area contributed by atoms with E-state index in [1.165, 1.54) is 12.8 Å². The van der Waals surface area contributed by atoms with Gasteiger partial charge in [-0.1, -0.05) is 24.3 Å². The average molecular weight is 310 g/mol. The van der Waals surface area contributed by atoms with E-state index in [0.717, 1.165) is 43.8 Å². The van der Waals surface area contributed by atoms with Gasteiger partial charge in [0.2, 0.25) is 0 Å². The van der Waals surface area contributed by atoms with Crippen molar-refractivity contribution in [3.8, 4) is 0 Å². The second-order valence-corrected chi connectivity index (χ2v) is 7.88. The number of ether oxygens (including phenoxy) is 1. The highest BCUT2D eigenvalue weighted by Gasteiger charge is 2.75. The molecule has 1 aromatic carbocycles. The number of fused-ring (bicyclic) bond motifs is 3. The zero-order valence-corrected chi connectivity index (χ0v) is 13.2. The molecule has 0 aliphatic carbocycles. The Morgan fingerprint density at radius 1 is 1.13 bits per heavy atom. The second-order valence-electron chi connectivity index (χ2n) is 7.88. The van der Waals surface area contributed by atoms with Crippen molar-refractivity contribution in [2.75, 3.05) is 24.6 Å². The van der Waals surface area contributed by atoms with Crippen molar-refractivity contribution >= 4 is 5.69 Å². The number of piperidine rings is 2. The van der Waals surface area contributed by atoms with Gasteiger partial charge in [0.25, 0.3) is 0 Å². The molecule has 1 aromatic rings. The molecule has 6 rings (SSSR count). The van der Waals surface area contributed by atoms with E-state index < -0.39 is 11.3 Å². The van der Waals surface area contributed by atoms with Gasteiger partial charge in [0.05, 0.1) is 12.6 Å². The van der Waals surface area contributed by atoms with Gasteiger partial charge in [0.1, 0.15) is 5.60 Å². The maximum absolute atomic E-state index is 11.9. The lowest BCUT2D eigenvalue weighted by Gasteiger charge is -2.68. The molecule has 4 heteroatoms. The summed E-state index contributed by atoms with van der Waals surface area (Å²) in [4.78, 5) is 4.85. The van der Waals surface area contributed by atoms with Gasteiger partial charge < -0.3 is 14.7 Å². The number of para-hydroxylation sites is 1. The van der Waals surface area contributed by atoms with Crippen molar-refractivity contribution in [3.63, 3.8) is 0 Å². The predicted molar refractivity (Wildman–Crippen MR) is 86.9 cm³/mol. The van der Waals surface area contributed by atoms with Crippen LogP contribution < -0.4 is 4.90 Å². The molecule has 1 N–H and O–H groups in total. The van der Waals surface area contributed by atoms with Crippen LogP contribution in [0.2, 0.25) is 0 Å². The van der Waals surface area contributed by atoms with E-state index in [2.05, 4.69) is 40.3 Å². The molecule has 0 aromatic heterocycles. The monoisotopic (exact) mass is 310 g/mol. The lowest BCUT2D eigenvalue weighted by molar-refractivity contribution is -0.288. The maximum atomic E-state index is 11.9. The number of hydrogen-bond acceptors (Lipinski definition) is 4. The molecule has 0 unspecified atom stereocenters. The van der Waals surface area contributed by atoms with Crippen molar-refractivity contribution < 1.29 is 9.84 Å². The molecular weight excluding hydrogens is 288 g/mol. The van der Waals surface area contributed by atoms with Crippen LogP contribution in [-0.2, 0) is 10.3 Å². The minimum atomic E-state index is -0.904. The molecule has 2 bridgehead atoms. The van der Waals surface area contributed by atoms with E-state index in [4.69, 9.17) is 4.74 Å². The van der Waals surface area contributed by atoms with Crippen molar-refractivity contribution in [2.45, 2.75) is 43.1 Å². The van der Waals surface area contributed by atoms with Gasteiger partial charge in [-0.2, -0.15) is 0 Å². The number of hydrogen-bond donors (Lipinski definition) is 1. The van der Waals surface area contributed by atoms with Crippen LogP contribution in [-0.4, -0.2) is 41.5 Å². The average Bonchev–Trinajstić information content (AvgIpc) is 2.79. The lowest BCUT2D eigenvalue weighted by Crippen LogP contribution is -2.81. The first-order valence-corrected chi connectivity index (χ1v) is 8.90. The number of benzene rings is 1. The number of rotatable bonds is 0. The Kier molecular flexibility index (Phi) is 2.16. The lowest BCUT2D eigenvalue weighted by atomic mass is 9.58. The standard InChI is InChI=1S/C19H22N2O2/c22-18-8-11-20-10-3-6-17-7-12-21(15-5-2-1-4-14(15)18)19(18,16(17)20)23-13-9-17/h1-2,4-5,7,12,16,22H,3,6,8-11,13H2/t16-,17+,18-,19-/m1/s1. The van der Waals surface area contributed by atoms with Gasteiger partial charge in [-0.25, -0.2) is 0 Å². The molecule has 5 aliphatic rings. The molecule has 4 atom stereocenters. The normalized spacial score (nSPS) is 46.5. The fourth-order valence-electron chi connectivity index (χ4n) is 6.30. The van der Waals surface area contributed by atoms with E-state index in [9.17, 15) is 5.11 Å². The summed E-state index contributed by atoms with van der Waals surface area (Å²) in [6, 6.07) is 8.58. The van der Waals surface area contributed by atoms with Crippen molar-refractivity contribution in [1.29, 1.82) is 0 Å². The smallest absolute Gasteiger partial charge is 0.194 e.